The fourth-order valence-corrected chi connectivity index (χ4v) is 3.54. The zero-order valence-electron chi connectivity index (χ0n) is 18.1. The molecule has 0 saturated heterocycles. The quantitative estimate of drug-likeness (QED) is 0.312. The number of aromatic amines is 1. The second kappa shape index (κ2) is 10.9. The Morgan fingerprint density at radius 2 is 1.85 bits per heavy atom. The summed E-state index contributed by atoms with van der Waals surface area (Å²) in [5.41, 5.74) is 7.51. The summed E-state index contributed by atoms with van der Waals surface area (Å²) in [5, 5.41) is 21.0. The number of carboxylic acid groups (broad SMARTS) is 1. The lowest BCUT2D eigenvalue weighted by Crippen LogP contribution is -2.43. The molecule has 3 rings (SSSR count). The van der Waals surface area contributed by atoms with Crippen LogP contribution in [0.3, 0.4) is 0 Å². The van der Waals surface area contributed by atoms with Crippen molar-refractivity contribution >= 4 is 29.4 Å². The molecule has 9 nitrogen and oxygen atoms in total. The molecule has 2 aromatic carbocycles. The first kappa shape index (κ1) is 24.9. The Bertz CT molecular complexity index is 1200. The van der Waals surface area contributed by atoms with Crippen LogP contribution in [0.1, 0.15) is 33.0 Å². The maximum Gasteiger partial charge on any atom is 0.320 e. The van der Waals surface area contributed by atoms with E-state index in [0.29, 0.717) is 16.1 Å². The van der Waals surface area contributed by atoms with Crippen LogP contribution in [0.15, 0.2) is 48.5 Å². The number of nitrogens with one attached hydrogen (secondary N) is 3. The fourth-order valence-electron chi connectivity index (χ4n) is 3.37. The van der Waals surface area contributed by atoms with Crippen molar-refractivity contribution in [3.63, 3.8) is 0 Å². The van der Waals surface area contributed by atoms with E-state index >= 15 is 0 Å². The second-order valence-corrected chi connectivity index (χ2v) is 8.06. The van der Waals surface area contributed by atoms with Crippen molar-refractivity contribution in [3.05, 3.63) is 76.3 Å². The van der Waals surface area contributed by atoms with E-state index in [1.807, 2.05) is 0 Å². The molecule has 0 aliphatic carbocycles. The highest BCUT2D eigenvalue weighted by molar-refractivity contribution is 6.30. The molecule has 0 aliphatic heterocycles. The van der Waals surface area contributed by atoms with Gasteiger partial charge in [0.2, 0.25) is 0 Å². The Kier molecular flexibility index (Phi) is 7.98. The number of hydrogen-bond donors (Lipinski definition) is 5. The van der Waals surface area contributed by atoms with Crippen LogP contribution in [-0.2, 0) is 11.2 Å². The first-order chi connectivity index (χ1) is 16.2. The summed E-state index contributed by atoms with van der Waals surface area (Å²) < 4.78 is 14.2. The molecule has 1 heterocycles. The number of benzene rings is 2. The minimum absolute atomic E-state index is 0.0373. The van der Waals surface area contributed by atoms with Crippen LogP contribution in [0.25, 0.3) is 11.1 Å². The van der Waals surface area contributed by atoms with Crippen molar-refractivity contribution in [1.29, 1.82) is 0 Å². The Balaban J connectivity index is 1.77. The minimum atomic E-state index is -1.20. The molecule has 0 aliphatic rings. The maximum atomic E-state index is 14.2. The molecule has 178 valence electrons. The average Bonchev–Trinajstić information content (AvgIpc) is 3.31. The van der Waals surface area contributed by atoms with E-state index in [1.54, 1.807) is 24.3 Å². The lowest BCUT2D eigenvalue weighted by atomic mass is 9.97. The number of carbonyl (C=O) groups excluding carboxylic acids is 2. The van der Waals surface area contributed by atoms with E-state index in [-0.39, 0.29) is 24.2 Å². The molecule has 2 atom stereocenters. The molecule has 0 fully saturated rings. The van der Waals surface area contributed by atoms with Gasteiger partial charge in [0.05, 0.1) is 0 Å². The number of aromatic nitrogens is 2. The third-order valence-corrected chi connectivity index (χ3v) is 5.38. The second-order valence-electron chi connectivity index (χ2n) is 7.62. The van der Waals surface area contributed by atoms with E-state index in [1.165, 1.54) is 31.3 Å². The van der Waals surface area contributed by atoms with Crippen molar-refractivity contribution in [1.82, 2.24) is 20.8 Å². The van der Waals surface area contributed by atoms with E-state index in [4.69, 9.17) is 17.3 Å². The summed E-state index contributed by atoms with van der Waals surface area (Å²) in [6, 6.07) is 10.7. The van der Waals surface area contributed by atoms with Crippen molar-refractivity contribution in [2.45, 2.75) is 24.9 Å². The third kappa shape index (κ3) is 6.18. The van der Waals surface area contributed by atoms with Gasteiger partial charge >= 0.3 is 5.97 Å². The topological polar surface area (TPSA) is 150 Å². The smallest absolute Gasteiger partial charge is 0.320 e. The highest BCUT2D eigenvalue weighted by Crippen LogP contribution is 2.26. The van der Waals surface area contributed by atoms with Crippen LogP contribution < -0.4 is 16.4 Å². The van der Waals surface area contributed by atoms with Crippen LogP contribution in [0.2, 0.25) is 5.02 Å². The van der Waals surface area contributed by atoms with E-state index in [9.17, 15) is 23.9 Å². The Hall–Kier alpha value is -3.76. The van der Waals surface area contributed by atoms with Gasteiger partial charge in [-0.05, 0) is 42.2 Å². The van der Waals surface area contributed by atoms with Gasteiger partial charge in [-0.1, -0.05) is 35.9 Å². The third-order valence-electron chi connectivity index (χ3n) is 5.15. The summed E-state index contributed by atoms with van der Waals surface area (Å²) in [4.78, 5) is 35.6. The number of amides is 2. The molecule has 1 aromatic heterocycles. The van der Waals surface area contributed by atoms with Gasteiger partial charge in [-0.15, -0.1) is 0 Å². The van der Waals surface area contributed by atoms with Crippen molar-refractivity contribution < 1.29 is 23.9 Å². The molecular weight excluding hydrogens is 465 g/mol. The summed E-state index contributed by atoms with van der Waals surface area (Å²) in [6.07, 6.45) is 0.226. The van der Waals surface area contributed by atoms with Gasteiger partial charge in [-0.2, -0.15) is 5.10 Å². The zero-order chi connectivity index (χ0) is 24.8. The van der Waals surface area contributed by atoms with Crippen LogP contribution in [0.4, 0.5) is 4.39 Å². The van der Waals surface area contributed by atoms with E-state index in [2.05, 4.69) is 20.8 Å². The largest absolute Gasteiger partial charge is 0.480 e. The lowest BCUT2D eigenvalue weighted by Gasteiger charge is -2.20. The first-order valence-corrected chi connectivity index (χ1v) is 10.7. The van der Waals surface area contributed by atoms with Crippen molar-refractivity contribution in [2.75, 3.05) is 7.05 Å². The SMILES string of the molecule is CNC(=O)c1cc(C(=O)N[C@H](Cc2ccc(-c3cc(Cl)ccc3F)cc2)C[C@@H](N)C(=O)O)[nH]n1. The lowest BCUT2D eigenvalue weighted by molar-refractivity contribution is -0.138. The van der Waals surface area contributed by atoms with Gasteiger partial charge in [0.15, 0.2) is 5.69 Å². The van der Waals surface area contributed by atoms with Gasteiger partial charge in [-0.25, -0.2) is 4.39 Å². The first-order valence-electron chi connectivity index (χ1n) is 10.3. The molecule has 34 heavy (non-hydrogen) atoms. The molecule has 0 radical (unpaired) electrons. The molecule has 0 unspecified atom stereocenters. The Morgan fingerprint density at radius 1 is 1.15 bits per heavy atom. The molecule has 0 bridgehead atoms. The highest BCUT2D eigenvalue weighted by atomic mass is 35.5. The van der Waals surface area contributed by atoms with Crippen LogP contribution in [0, 0.1) is 5.82 Å². The van der Waals surface area contributed by atoms with Crippen LogP contribution >= 0.6 is 11.6 Å². The number of carboxylic acids is 1. The molecule has 0 spiro atoms. The van der Waals surface area contributed by atoms with Crippen molar-refractivity contribution in [3.8, 4) is 11.1 Å². The minimum Gasteiger partial charge on any atom is -0.480 e. The molecular formula is C23H23ClFN5O4. The van der Waals surface area contributed by atoms with E-state index < -0.39 is 35.7 Å². The number of rotatable bonds is 9. The summed E-state index contributed by atoms with van der Waals surface area (Å²) in [6.45, 7) is 0. The number of hydrogen-bond acceptors (Lipinski definition) is 5. The highest BCUT2D eigenvalue weighted by Gasteiger charge is 2.23. The van der Waals surface area contributed by atoms with Gasteiger partial charge in [0.25, 0.3) is 11.8 Å². The predicted molar refractivity (Wildman–Crippen MR) is 124 cm³/mol. The van der Waals surface area contributed by atoms with Gasteiger partial charge < -0.3 is 21.5 Å². The summed E-state index contributed by atoms with van der Waals surface area (Å²) in [7, 11) is 1.44. The average molecular weight is 488 g/mol. The van der Waals surface area contributed by atoms with Gasteiger partial charge in [0, 0.05) is 29.7 Å². The zero-order valence-corrected chi connectivity index (χ0v) is 18.9. The molecule has 11 heteroatoms. The van der Waals surface area contributed by atoms with Crippen LogP contribution in [0.5, 0.6) is 0 Å². The van der Waals surface area contributed by atoms with E-state index in [0.717, 1.165) is 5.56 Å². The number of nitrogens with zero attached hydrogens (tertiary/aromatic N) is 1. The monoisotopic (exact) mass is 487 g/mol. The molecule has 6 N–H and O–H groups in total. The summed E-state index contributed by atoms with van der Waals surface area (Å²) >= 11 is 5.97. The standard InChI is InChI=1S/C23H23ClFN5O4/c1-27-21(31)19-11-20(30-29-19)22(32)28-15(10-18(26)23(33)34)8-12-2-4-13(5-3-12)16-9-14(24)6-7-17(16)25/h2-7,9,11,15,18H,8,10,26H2,1H3,(H,27,31)(H,28,32)(H,29,30)(H,33,34)/t15-,18-/m1/s1. The number of H-pyrrole nitrogens is 1. The predicted octanol–water partition coefficient (Wildman–Crippen LogP) is 2.37. The molecule has 3 aromatic rings. The Labute approximate surface area is 199 Å². The Morgan fingerprint density at radius 3 is 2.50 bits per heavy atom. The number of nitrogens with two attached hydrogens (primary N) is 1. The maximum absolute atomic E-state index is 14.2. The summed E-state index contributed by atoms with van der Waals surface area (Å²) in [5.74, 6) is -2.64. The molecule has 0 saturated carbocycles. The van der Waals surface area contributed by atoms with Crippen molar-refractivity contribution in [2.24, 2.45) is 5.73 Å². The number of halogens is 2. The fraction of sp³-hybridized carbons (Fsp3) is 0.217. The van der Waals surface area contributed by atoms with Gasteiger partial charge in [0.1, 0.15) is 17.6 Å². The number of aliphatic carboxylic acids is 1. The van der Waals surface area contributed by atoms with Gasteiger partial charge in [-0.3, -0.25) is 19.5 Å². The number of carbonyl (C=O) groups is 3. The molecule has 2 amide bonds. The van der Waals surface area contributed by atoms with Crippen LogP contribution in [-0.4, -0.2) is 52.2 Å². The normalized spacial score (nSPS) is 12.6.